The van der Waals surface area contributed by atoms with Crippen molar-refractivity contribution in [3.8, 4) is 0 Å². The number of hydrogen-bond donors (Lipinski definition) is 2. The second-order valence-corrected chi connectivity index (χ2v) is 4.12. The first kappa shape index (κ1) is 16.2. The van der Waals surface area contributed by atoms with Gasteiger partial charge in [0.15, 0.2) is 5.84 Å². The molecule has 0 spiro atoms. The monoisotopic (exact) mass is 285 g/mol. The summed E-state index contributed by atoms with van der Waals surface area (Å²) in [5.74, 6) is -0.590. The Balaban J connectivity index is 3.10. The van der Waals surface area contributed by atoms with Crippen molar-refractivity contribution in [3.63, 3.8) is 0 Å². The van der Waals surface area contributed by atoms with Crippen LogP contribution in [0.25, 0.3) is 0 Å². The number of nitrogens with two attached hydrogens (primary N) is 1. The zero-order valence-corrected chi connectivity index (χ0v) is 11.7. The predicted octanol–water partition coefficient (Wildman–Crippen LogP) is 1.02. The van der Waals surface area contributed by atoms with Crippen molar-refractivity contribution in [2.75, 3.05) is 45.4 Å². The number of amidine groups is 1. The Bertz CT molecular complexity index is 446. The summed E-state index contributed by atoms with van der Waals surface area (Å²) >= 11 is 0. The van der Waals surface area contributed by atoms with E-state index in [1.165, 1.54) is 12.1 Å². The van der Waals surface area contributed by atoms with Crippen LogP contribution < -0.4 is 10.6 Å². The van der Waals surface area contributed by atoms with Crippen LogP contribution in [0.4, 0.5) is 10.1 Å². The molecule has 0 heterocycles. The van der Waals surface area contributed by atoms with Crippen molar-refractivity contribution < 1.29 is 19.1 Å². The molecule has 0 unspecified atom stereocenters. The van der Waals surface area contributed by atoms with Crippen molar-refractivity contribution in [2.45, 2.75) is 0 Å². The van der Waals surface area contributed by atoms with Gasteiger partial charge in [-0.15, -0.1) is 0 Å². The van der Waals surface area contributed by atoms with Gasteiger partial charge in [0.1, 0.15) is 5.82 Å². The van der Waals surface area contributed by atoms with Gasteiger partial charge in [-0.1, -0.05) is 5.16 Å². The number of benzene rings is 1. The minimum atomic E-state index is -0.450. The Morgan fingerprint density at radius 1 is 1.30 bits per heavy atom. The number of halogens is 1. The van der Waals surface area contributed by atoms with E-state index in [0.29, 0.717) is 37.6 Å². The minimum Gasteiger partial charge on any atom is -0.409 e. The summed E-state index contributed by atoms with van der Waals surface area (Å²) in [6.07, 6.45) is 0. The first-order chi connectivity index (χ1) is 9.63. The van der Waals surface area contributed by atoms with Crippen molar-refractivity contribution in [2.24, 2.45) is 10.9 Å². The van der Waals surface area contributed by atoms with E-state index in [2.05, 4.69) is 5.16 Å². The van der Waals surface area contributed by atoms with Crippen LogP contribution in [0, 0.1) is 5.82 Å². The van der Waals surface area contributed by atoms with Gasteiger partial charge in [0.2, 0.25) is 0 Å². The summed E-state index contributed by atoms with van der Waals surface area (Å²) in [4.78, 5) is 1.93. The maximum Gasteiger partial charge on any atom is 0.172 e. The van der Waals surface area contributed by atoms with Gasteiger partial charge in [-0.25, -0.2) is 4.39 Å². The van der Waals surface area contributed by atoms with E-state index in [0.717, 1.165) is 0 Å². The molecule has 0 bridgehead atoms. The van der Waals surface area contributed by atoms with Crippen molar-refractivity contribution in [1.29, 1.82) is 0 Å². The fourth-order valence-corrected chi connectivity index (χ4v) is 1.80. The molecule has 0 aromatic heterocycles. The van der Waals surface area contributed by atoms with Crippen LogP contribution in [0.2, 0.25) is 0 Å². The summed E-state index contributed by atoms with van der Waals surface area (Å²) in [6.45, 7) is 2.15. The van der Waals surface area contributed by atoms with Crippen LogP contribution in [0.1, 0.15) is 5.56 Å². The molecule has 0 saturated carbocycles. The van der Waals surface area contributed by atoms with Crippen molar-refractivity contribution in [3.05, 3.63) is 29.6 Å². The van der Waals surface area contributed by atoms with Gasteiger partial charge in [-0.2, -0.15) is 0 Å². The second-order valence-electron chi connectivity index (χ2n) is 4.12. The Morgan fingerprint density at radius 3 is 2.40 bits per heavy atom. The highest BCUT2D eigenvalue weighted by Gasteiger charge is 2.15. The largest absolute Gasteiger partial charge is 0.409 e. The average molecular weight is 285 g/mol. The zero-order chi connectivity index (χ0) is 15.0. The number of nitrogens with zero attached hydrogens (tertiary/aromatic N) is 2. The number of ether oxygens (including phenoxy) is 2. The Morgan fingerprint density at radius 2 is 1.90 bits per heavy atom. The third-order valence-electron chi connectivity index (χ3n) is 2.81. The lowest BCUT2D eigenvalue weighted by Crippen LogP contribution is -2.32. The van der Waals surface area contributed by atoms with Gasteiger partial charge >= 0.3 is 0 Å². The smallest absolute Gasteiger partial charge is 0.172 e. The maximum absolute atomic E-state index is 13.4. The minimum absolute atomic E-state index is 0.140. The summed E-state index contributed by atoms with van der Waals surface area (Å²) < 4.78 is 23.5. The number of oxime groups is 1. The van der Waals surface area contributed by atoms with E-state index in [1.54, 1.807) is 20.3 Å². The predicted molar refractivity (Wildman–Crippen MR) is 74.9 cm³/mol. The number of hydrogen-bond acceptors (Lipinski definition) is 5. The first-order valence-corrected chi connectivity index (χ1v) is 6.14. The molecule has 0 aliphatic heterocycles. The van der Waals surface area contributed by atoms with Gasteiger partial charge in [0.25, 0.3) is 0 Å². The van der Waals surface area contributed by atoms with E-state index in [4.69, 9.17) is 20.4 Å². The Hall–Kier alpha value is -1.86. The van der Waals surface area contributed by atoms with E-state index in [9.17, 15) is 4.39 Å². The number of rotatable bonds is 8. The molecule has 3 N–H and O–H groups in total. The number of anilines is 1. The van der Waals surface area contributed by atoms with Gasteiger partial charge in [0.05, 0.1) is 13.2 Å². The first-order valence-electron chi connectivity index (χ1n) is 6.14. The SMILES string of the molecule is COCCN(CCOC)c1ccc(F)cc1C(N)=NO. The second kappa shape index (κ2) is 8.34. The highest BCUT2D eigenvalue weighted by molar-refractivity contribution is 6.02. The van der Waals surface area contributed by atoms with E-state index >= 15 is 0 Å². The lowest BCUT2D eigenvalue weighted by molar-refractivity contribution is 0.190. The van der Waals surface area contributed by atoms with Crippen LogP contribution in [0.15, 0.2) is 23.4 Å². The molecule has 0 radical (unpaired) electrons. The summed E-state index contributed by atoms with van der Waals surface area (Å²) in [6, 6.07) is 4.15. The molecule has 0 atom stereocenters. The molecule has 0 aliphatic carbocycles. The Kier molecular flexibility index (Phi) is 6.75. The molecule has 6 nitrogen and oxygen atoms in total. The normalized spacial score (nSPS) is 11.7. The van der Waals surface area contributed by atoms with Crippen LogP contribution >= 0.6 is 0 Å². The summed E-state index contributed by atoms with van der Waals surface area (Å²) in [7, 11) is 3.20. The molecule has 1 aromatic carbocycles. The third-order valence-corrected chi connectivity index (χ3v) is 2.81. The molecule has 0 amide bonds. The molecule has 0 aliphatic rings. The highest BCUT2D eigenvalue weighted by atomic mass is 19.1. The third kappa shape index (κ3) is 4.36. The van der Waals surface area contributed by atoms with Gasteiger partial charge in [0, 0.05) is 38.6 Å². The standard InChI is InChI=1S/C13H20FN3O3/c1-19-7-5-17(6-8-20-2)12-4-3-10(14)9-11(12)13(15)16-18/h3-4,9,18H,5-8H2,1-2H3,(H2,15,16). The zero-order valence-electron chi connectivity index (χ0n) is 11.7. The molecule has 20 heavy (non-hydrogen) atoms. The number of methoxy groups -OCH3 is 2. The molecule has 112 valence electrons. The molecular weight excluding hydrogens is 265 g/mol. The van der Waals surface area contributed by atoms with Gasteiger partial charge in [-0.05, 0) is 18.2 Å². The summed E-state index contributed by atoms with van der Waals surface area (Å²) in [5.41, 5.74) is 6.60. The maximum atomic E-state index is 13.4. The van der Waals surface area contributed by atoms with Gasteiger partial charge < -0.3 is 25.3 Å². The fraction of sp³-hybridized carbons (Fsp3) is 0.462. The van der Waals surface area contributed by atoms with Crippen LogP contribution in [0.3, 0.4) is 0 Å². The van der Waals surface area contributed by atoms with Crippen LogP contribution in [-0.4, -0.2) is 51.6 Å². The molecule has 0 saturated heterocycles. The highest BCUT2D eigenvalue weighted by Crippen LogP contribution is 2.21. The van der Waals surface area contributed by atoms with Crippen LogP contribution in [-0.2, 0) is 9.47 Å². The van der Waals surface area contributed by atoms with Gasteiger partial charge in [-0.3, -0.25) is 0 Å². The average Bonchev–Trinajstić information content (AvgIpc) is 2.47. The molecule has 1 aromatic rings. The van der Waals surface area contributed by atoms with E-state index < -0.39 is 5.82 Å². The molecular formula is C13H20FN3O3. The van der Waals surface area contributed by atoms with Crippen molar-refractivity contribution >= 4 is 11.5 Å². The van der Waals surface area contributed by atoms with Crippen molar-refractivity contribution in [1.82, 2.24) is 0 Å². The molecule has 1 rings (SSSR count). The quantitative estimate of drug-likeness (QED) is 0.322. The topological polar surface area (TPSA) is 80.3 Å². The van der Waals surface area contributed by atoms with Crippen LogP contribution in [0.5, 0.6) is 0 Å². The molecule has 0 fully saturated rings. The molecule has 7 heteroatoms. The van der Waals surface area contributed by atoms with E-state index in [1.807, 2.05) is 4.90 Å². The lowest BCUT2D eigenvalue weighted by atomic mass is 10.1. The van der Waals surface area contributed by atoms with E-state index in [-0.39, 0.29) is 5.84 Å². The summed E-state index contributed by atoms with van der Waals surface area (Å²) in [5, 5.41) is 11.8. The Labute approximate surface area is 117 Å². The fourth-order valence-electron chi connectivity index (χ4n) is 1.80. The lowest BCUT2D eigenvalue weighted by Gasteiger charge is -2.26.